The van der Waals surface area contributed by atoms with Gasteiger partial charge in [-0.05, 0) is 37.8 Å². The molecule has 1 aliphatic heterocycles. The van der Waals surface area contributed by atoms with Crippen molar-refractivity contribution in [3.8, 4) is 0 Å². The molecule has 94 valence electrons. The van der Waals surface area contributed by atoms with Gasteiger partial charge in [-0.1, -0.05) is 13.8 Å². The van der Waals surface area contributed by atoms with Crippen LogP contribution in [0.1, 0.15) is 51.3 Å². The molecule has 2 atom stereocenters. The summed E-state index contributed by atoms with van der Waals surface area (Å²) in [5, 5.41) is 0. The van der Waals surface area contributed by atoms with E-state index in [-0.39, 0.29) is 6.04 Å². The Hall–Kier alpha value is -1.09. The molecule has 3 heteroatoms. The number of hydrogen-bond acceptors (Lipinski definition) is 3. The number of aromatic nitrogens is 1. The molecule has 3 nitrogen and oxygen atoms in total. The van der Waals surface area contributed by atoms with E-state index in [4.69, 9.17) is 5.73 Å². The van der Waals surface area contributed by atoms with Gasteiger partial charge in [-0.25, -0.2) is 0 Å². The average molecular weight is 233 g/mol. The Morgan fingerprint density at radius 1 is 1.47 bits per heavy atom. The Morgan fingerprint density at radius 3 is 2.88 bits per heavy atom. The van der Waals surface area contributed by atoms with E-state index in [9.17, 15) is 0 Å². The van der Waals surface area contributed by atoms with Crippen LogP contribution in [0.2, 0.25) is 0 Å². The van der Waals surface area contributed by atoms with Gasteiger partial charge >= 0.3 is 0 Å². The minimum Gasteiger partial charge on any atom is -0.367 e. The molecule has 2 N–H and O–H groups in total. The molecule has 1 aromatic rings. The van der Waals surface area contributed by atoms with Crippen LogP contribution >= 0.6 is 0 Å². The molecule has 1 aliphatic rings. The van der Waals surface area contributed by atoms with Gasteiger partial charge in [0.25, 0.3) is 0 Å². The molecular formula is C14H23N3. The van der Waals surface area contributed by atoms with E-state index in [0.29, 0.717) is 6.04 Å². The summed E-state index contributed by atoms with van der Waals surface area (Å²) >= 11 is 0. The SMILES string of the molecule is CCC1CCCN1c1ccc([C@@H](N)CC)nc1. The van der Waals surface area contributed by atoms with Gasteiger partial charge in [-0.15, -0.1) is 0 Å². The van der Waals surface area contributed by atoms with Gasteiger partial charge in [0.1, 0.15) is 0 Å². The second-order valence-electron chi connectivity index (χ2n) is 4.85. The standard InChI is InChI=1S/C14H23N3/c1-3-11-6-5-9-17(11)12-7-8-14(16-10-12)13(15)4-2/h7-8,10-11,13H,3-6,9,15H2,1-2H3/t11?,13-/m0/s1. The predicted octanol–water partition coefficient (Wildman–Crippen LogP) is 2.87. The molecule has 2 heterocycles. The quantitative estimate of drug-likeness (QED) is 0.869. The second-order valence-corrected chi connectivity index (χ2v) is 4.85. The van der Waals surface area contributed by atoms with Crippen LogP contribution in [0.5, 0.6) is 0 Å². The first-order valence-electron chi connectivity index (χ1n) is 6.74. The molecule has 1 fully saturated rings. The first kappa shape index (κ1) is 12.4. The fourth-order valence-electron chi connectivity index (χ4n) is 2.60. The summed E-state index contributed by atoms with van der Waals surface area (Å²) in [7, 11) is 0. The van der Waals surface area contributed by atoms with E-state index in [1.165, 1.54) is 31.5 Å². The highest BCUT2D eigenvalue weighted by atomic mass is 15.2. The molecule has 1 aromatic heterocycles. The van der Waals surface area contributed by atoms with Crippen molar-refractivity contribution < 1.29 is 0 Å². The zero-order valence-corrected chi connectivity index (χ0v) is 10.9. The molecular weight excluding hydrogens is 210 g/mol. The smallest absolute Gasteiger partial charge is 0.0572 e. The zero-order chi connectivity index (χ0) is 12.3. The van der Waals surface area contributed by atoms with Crippen LogP contribution in [0.4, 0.5) is 5.69 Å². The van der Waals surface area contributed by atoms with Crippen molar-refractivity contribution in [3.05, 3.63) is 24.0 Å². The van der Waals surface area contributed by atoms with Gasteiger partial charge in [0.2, 0.25) is 0 Å². The topological polar surface area (TPSA) is 42.1 Å². The maximum Gasteiger partial charge on any atom is 0.0572 e. The molecule has 0 aliphatic carbocycles. The highest BCUT2D eigenvalue weighted by molar-refractivity contribution is 5.47. The lowest BCUT2D eigenvalue weighted by Crippen LogP contribution is -2.28. The van der Waals surface area contributed by atoms with E-state index in [2.05, 4.69) is 35.9 Å². The van der Waals surface area contributed by atoms with E-state index >= 15 is 0 Å². The molecule has 1 saturated heterocycles. The number of anilines is 1. The summed E-state index contributed by atoms with van der Waals surface area (Å²) in [5.41, 5.74) is 8.23. The fourth-order valence-corrected chi connectivity index (χ4v) is 2.60. The Labute approximate surface area is 104 Å². The Morgan fingerprint density at radius 2 is 2.29 bits per heavy atom. The average Bonchev–Trinajstić information content (AvgIpc) is 2.86. The van der Waals surface area contributed by atoms with E-state index in [1.807, 2.05) is 6.20 Å². The van der Waals surface area contributed by atoms with Crippen molar-refractivity contribution >= 4 is 5.69 Å². The summed E-state index contributed by atoms with van der Waals surface area (Å²) < 4.78 is 0. The zero-order valence-electron chi connectivity index (χ0n) is 10.9. The monoisotopic (exact) mass is 233 g/mol. The molecule has 0 bridgehead atoms. The van der Waals surface area contributed by atoms with E-state index in [0.717, 1.165) is 12.1 Å². The van der Waals surface area contributed by atoms with Crippen LogP contribution in [-0.2, 0) is 0 Å². The highest BCUT2D eigenvalue weighted by Crippen LogP contribution is 2.27. The molecule has 0 saturated carbocycles. The molecule has 0 amide bonds. The Kier molecular flexibility index (Phi) is 4.00. The number of rotatable bonds is 4. The summed E-state index contributed by atoms with van der Waals surface area (Å²) in [5.74, 6) is 0. The Balaban J connectivity index is 2.12. The first-order valence-corrected chi connectivity index (χ1v) is 6.74. The third-order valence-corrected chi connectivity index (χ3v) is 3.77. The van der Waals surface area contributed by atoms with Gasteiger partial charge < -0.3 is 10.6 Å². The van der Waals surface area contributed by atoms with Crippen LogP contribution in [0.25, 0.3) is 0 Å². The fraction of sp³-hybridized carbons (Fsp3) is 0.643. The van der Waals surface area contributed by atoms with Crippen molar-refractivity contribution in [2.24, 2.45) is 5.73 Å². The molecule has 1 unspecified atom stereocenters. The van der Waals surface area contributed by atoms with Gasteiger partial charge in [0.05, 0.1) is 17.6 Å². The van der Waals surface area contributed by atoms with Crippen molar-refractivity contribution in [1.82, 2.24) is 4.98 Å². The summed E-state index contributed by atoms with van der Waals surface area (Å²) in [6.45, 7) is 5.52. The summed E-state index contributed by atoms with van der Waals surface area (Å²) in [6.07, 6.45) is 6.75. The first-order chi connectivity index (χ1) is 8.26. The van der Waals surface area contributed by atoms with E-state index in [1.54, 1.807) is 0 Å². The van der Waals surface area contributed by atoms with Gasteiger partial charge in [-0.3, -0.25) is 4.98 Å². The van der Waals surface area contributed by atoms with Crippen LogP contribution < -0.4 is 10.6 Å². The lowest BCUT2D eigenvalue weighted by atomic mass is 10.1. The van der Waals surface area contributed by atoms with Gasteiger partial charge in [0, 0.05) is 18.6 Å². The summed E-state index contributed by atoms with van der Waals surface area (Å²) in [4.78, 5) is 6.98. The van der Waals surface area contributed by atoms with Crippen molar-refractivity contribution in [3.63, 3.8) is 0 Å². The van der Waals surface area contributed by atoms with Crippen molar-refractivity contribution in [2.45, 2.75) is 51.6 Å². The maximum absolute atomic E-state index is 5.98. The molecule has 17 heavy (non-hydrogen) atoms. The van der Waals surface area contributed by atoms with Crippen LogP contribution in [0.3, 0.4) is 0 Å². The minimum atomic E-state index is 0.0737. The maximum atomic E-state index is 5.98. The number of hydrogen-bond donors (Lipinski definition) is 1. The lowest BCUT2D eigenvalue weighted by molar-refractivity contribution is 0.642. The van der Waals surface area contributed by atoms with Gasteiger partial charge in [0.15, 0.2) is 0 Å². The third-order valence-electron chi connectivity index (χ3n) is 3.77. The van der Waals surface area contributed by atoms with Crippen LogP contribution in [0.15, 0.2) is 18.3 Å². The third kappa shape index (κ3) is 2.60. The summed E-state index contributed by atoms with van der Waals surface area (Å²) in [6, 6.07) is 5.02. The number of pyridine rings is 1. The van der Waals surface area contributed by atoms with Crippen LogP contribution in [0, 0.1) is 0 Å². The van der Waals surface area contributed by atoms with Gasteiger partial charge in [-0.2, -0.15) is 0 Å². The minimum absolute atomic E-state index is 0.0737. The van der Waals surface area contributed by atoms with Crippen molar-refractivity contribution in [2.75, 3.05) is 11.4 Å². The number of nitrogens with two attached hydrogens (primary N) is 1. The molecule has 2 rings (SSSR count). The van der Waals surface area contributed by atoms with Crippen LogP contribution in [-0.4, -0.2) is 17.6 Å². The predicted molar refractivity (Wildman–Crippen MR) is 72.1 cm³/mol. The van der Waals surface area contributed by atoms with E-state index < -0.39 is 0 Å². The highest BCUT2D eigenvalue weighted by Gasteiger charge is 2.23. The second kappa shape index (κ2) is 5.50. The molecule has 0 radical (unpaired) electrons. The Bertz CT molecular complexity index is 347. The molecule has 0 aromatic carbocycles. The lowest BCUT2D eigenvalue weighted by Gasteiger charge is -2.25. The largest absolute Gasteiger partial charge is 0.367 e. The molecule has 0 spiro atoms. The van der Waals surface area contributed by atoms with Crippen molar-refractivity contribution in [1.29, 1.82) is 0 Å². The normalized spacial score (nSPS) is 21.8. The number of nitrogens with zero attached hydrogens (tertiary/aromatic N) is 2.